The van der Waals surface area contributed by atoms with E-state index < -0.39 is 0 Å². The molecule has 0 aromatic carbocycles. The number of hydrogen-bond donors (Lipinski definition) is 1. The van der Waals surface area contributed by atoms with Gasteiger partial charge in [0.05, 0.1) is 30.4 Å². The van der Waals surface area contributed by atoms with Gasteiger partial charge in [-0.25, -0.2) is 0 Å². The molecule has 1 aliphatic heterocycles. The van der Waals surface area contributed by atoms with Crippen molar-refractivity contribution in [3.63, 3.8) is 0 Å². The van der Waals surface area contributed by atoms with E-state index in [1.807, 2.05) is 18.3 Å². The van der Waals surface area contributed by atoms with Crippen LogP contribution in [-0.2, 0) is 4.74 Å². The fourth-order valence-electron chi connectivity index (χ4n) is 2.42. The summed E-state index contributed by atoms with van der Waals surface area (Å²) < 4.78 is 5.35. The van der Waals surface area contributed by atoms with Crippen molar-refractivity contribution in [1.82, 2.24) is 9.88 Å². The molecular formula is C12H19N3O. The van der Waals surface area contributed by atoms with Crippen molar-refractivity contribution in [3.8, 4) is 0 Å². The fraction of sp³-hybridized carbons (Fsp3) is 0.583. The Hall–Kier alpha value is -0.970. The minimum absolute atomic E-state index is 0.0256. The van der Waals surface area contributed by atoms with Gasteiger partial charge in [-0.05, 0) is 26.2 Å². The first-order valence-corrected chi connectivity index (χ1v) is 5.55. The molecule has 1 fully saturated rings. The zero-order valence-corrected chi connectivity index (χ0v) is 9.89. The van der Waals surface area contributed by atoms with Crippen LogP contribution < -0.4 is 5.73 Å². The molecular weight excluding hydrogens is 202 g/mol. The molecule has 2 N–H and O–H groups in total. The van der Waals surface area contributed by atoms with Gasteiger partial charge in [-0.2, -0.15) is 0 Å². The largest absolute Gasteiger partial charge is 0.380 e. The number of pyridine rings is 1. The Labute approximate surface area is 96.4 Å². The van der Waals surface area contributed by atoms with Crippen LogP contribution in [0.5, 0.6) is 0 Å². The Balaban J connectivity index is 2.31. The maximum absolute atomic E-state index is 5.91. The predicted octanol–water partition coefficient (Wildman–Crippen LogP) is 0.660. The second kappa shape index (κ2) is 4.49. The molecule has 0 amide bonds. The van der Waals surface area contributed by atoms with Crippen molar-refractivity contribution in [2.24, 2.45) is 11.1 Å². The Bertz CT molecular complexity index is 330. The van der Waals surface area contributed by atoms with E-state index in [2.05, 4.69) is 30.0 Å². The van der Waals surface area contributed by atoms with Gasteiger partial charge in [-0.3, -0.25) is 4.98 Å². The first-order valence-electron chi connectivity index (χ1n) is 5.55. The van der Waals surface area contributed by atoms with Crippen LogP contribution in [0.25, 0.3) is 0 Å². The average Bonchev–Trinajstić information content (AvgIpc) is 2.24. The predicted molar refractivity (Wildman–Crippen MR) is 63.0 cm³/mol. The number of ether oxygens (including phenoxy) is 1. The first kappa shape index (κ1) is 11.5. The normalized spacial score (nSPS) is 20.5. The molecule has 0 radical (unpaired) electrons. The average molecular weight is 221 g/mol. The number of nitrogens with two attached hydrogens (primary N) is 1. The summed E-state index contributed by atoms with van der Waals surface area (Å²) in [5.41, 5.74) is 7.01. The highest BCUT2D eigenvalue weighted by Crippen LogP contribution is 2.41. The highest BCUT2D eigenvalue weighted by atomic mass is 16.5. The molecule has 88 valence electrons. The van der Waals surface area contributed by atoms with E-state index in [1.165, 1.54) is 0 Å². The Morgan fingerprint density at radius 1 is 1.50 bits per heavy atom. The highest BCUT2D eigenvalue weighted by Gasteiger charge is 2.47. The van der Waals surface area contributed by atoms with Gasteiger partial charge in [0, 0.05) is 12.7 Å². The van der Waals surface area contributed by atoms with Gasteiger partial charge in [-0.15, -0.1) is 0 Å². The standard InChI is InChI=1S/C12H19N3O/c1-15(2)11(10-5-3-4-6-14-10)12(7-13)8-16-9-12/h3-6,11H,7-9,13H2,1-2H3. The van der Waals surface area contributed by atoms with Gasteiger partial charge < -0.3 is 15.4 Å². The maximum Gasteiger partial charge on any atom is 0.0629 e. The number of hydrogen-bond acceptors (Lipinski definition) is 4. The molecule has 1 aromatic rings. The quantitative estimate of drug-likeness (QED) is 0.811. The van der Waals surface area contributed by atoms with Crippen molar-refractivity contribution in [1.29, 1.82) is 0 Å². The van der Waals surface area contributed by atoms with Crippen LogP contribution in [-0.4, -0.2) is 43.7 Å². The summed E-state index contributed by atoms with van der Waals surface area (Å²) in [7, 11) is 4.13. The van der Waals surface area contributed by atoms with E-state index in [0.29, 0.717) is 6.54 Å². The van der Waals surface area contributed by atoms with Gasteiger partial charge in [0.2, 0.25) is 0 Å². The molecule has 0 saturated carbocycles. The van der Waals surface area contributed by atoms with Gasteiger partial charge in [-0.1, -0.05) is 6.07 Å². The molecule has 0 aliphatic carbocycles. The van der Waals surface area contributed by atoms with Crippen LogP contribution in [0.1, 0.15) is 11.7 Å². The van der Waals surface area contributed by atoms with Crippen molar-refractivity contribution in [2.75, 3.05) is 33.9 Å². The molecule has 1 aromatic heterocycles. The smallest absolute Gasteiger partial charge is 0.0629 e. The summed E-state index contributed by atoms with van der Waals surface area (Å²) in [5.74, 6) is 0. The van der Waals surface area contributed by atoms with Crippen LogP contribution in [0, 0.1) is 5.41 Å². The second-order valence-corrected chi connectivity index (χ2v) is 4.68. The maximum atomic E-state index is 5.91. The Kier molecular flexibility index (Phi) is 3.23. The Morgan fingerprint density at radius 3 is 2.62 bits per heavy atom. The number of nitrogens with zero attached hydrogens (tertiary/aromatic N) is 2. The zero-order valence-electron chi connectivity index (χ0n) is 9.89. The van der Waals surface area contributed by atoms with Gasteiger partial charge in [0.15, 0.2) is 0 Å². The lowest BCUT2D eigenvalue weighted by atomic mass is 9.76. The molecule has 2 heterocycles. The van der Waals surface area contributed by atoms with Crippen LogP contribution in [0.4, 0.5) is 0 Å². The van der Waals surface area contributed by atoms with E-state index in [9.17, 15) is 0 Å². The molecule has 1 saturated heterocycles. The molecule has 0 spiro atoms. The van der Waals surface area contributed by atoms with Gasteiger partial charge >= 0.3 is 0 Å². The van der Waals surface area contributed by atoms with Crippen LogP contribution in [0.15, 0.2) is 24.4 Å². The summed E-state index contributed by atoms with van der Waals surface area (Å²) in [6.45, 7) is 2.08. The second-order valence-electron chi connectivity index (χ2n) is 4.68. The molecule has 1 unspecified atom stereocenters. The minimum atomic E-state index is 0.0256. The molecule has 4 nitrogen and oxygen atoms in total. The molecule has 16 heavy (non-hydrogen) atoms. The fourth-order valence-corrected chi connectivity index (χ4v) is 2.42. The first-order chi connectivity index (χ1) is 7.69. The third kappa shape index (κ3) is 1.84. The summed E-state index contributed by atoms with van der Waals surface area (Å²) >= 11 is 0. The van der Waals surface area contributed by atoms with Gasteiger partial charge in [0.1, 0.15) is 0 Å². The summed E-state index contributed by atoms with van der Waals surface area (Å²) in [6, 6.07) is 6.23. The minimum Gasteiger partial charge on any atom is -0.380 e. The highest BCUT2D eigenvalue weighted by molar-refractivity contribution is 5.15. The lowest BCUT2D eigenvalue weighted by Gasteiger charge is -2.48. The SMILES string of the molecule is CN(C)C(c1ccccn1)C1(CN)COC1. The van der Waals surface area contributed by atoms with E-state index in [1.54, 1.807) is 0 Å². The molecule has 0 bridgehead atoms. The van der Waals surface area contributed by atoms with E-state index >= 15 is 0 Å². The van der Waals surface area contributed by atoms with Crippen LogP contribution in [0.3, 0.4) is 0 Å². The Morgan fingerprint density at radius 2 is 2.25 bits per heavy atom. The van der Waals surface area contributed by atoms with Crippen LogP contribution in [0.2, 0.25) is 0 Å². The molecule has 4 heteroatoms. The van der Waals surface area contributed by atoms with Crippen molar-refractivity contribution in [3.05, 3.63) is 30.1 Å². The van der Waals surface area contributed by atoms with E-state index in [0.717, 1.165) is 18.9 Å². The third-order valence-corrected chi connectivity index (χ3v) is 3.25. The van der Waals surface area contributed by atoms with Crippen molar-refractivity contribution >= 4 is 0 Å². The lowest BCUT2D eigenvalue weighted by Crippen LogP contribution is -2.56. The third-order valence-electron chi connectivity index (χ3n) is 3.25. The van der Waals surface area contributed by atoms with E-state index in [-0.39, 0.29) is 11.5 Å². The summed E-state index contributed by atoms with van der Waals surface area (Å²) in [5, 5.41) is 0. The topological polar surface area (TPSA) is 51.4 Å². The molecule has 2 rings (SSSR count). The van der Waals surface area contributed by atoms with Gasteiger partial charge in [0.25, 0.3) is 0 Å². The van der Waals surface area contributed by atoms with Crippen molar-refractivity contribution < 1.29 is 4.74 Å². The number of aromatic nitrogens is 1. The van der Waals surface area contributed by atoms with Crippen LogP contribution >= 0.6 is 0 Å². The monoisotopic (exact) mass is 221 g/mol. The van der Waals surface area contributed by atoms with E-state index in [4.69, 9.17) is 10.5 Å². The lowest BCUT2D eigenvalue weighted by molar-refractivity contribution is -0.146. The summed E-state index contributed by atoms with van der Waals surface area (Å²) in [4.78, 5) is 6.62. The molecule has 1 aliphatic rings. The summed E-state index contributed by atoms with van der Waals surface area (Å²) in [6.07, 6.45) is 1.83. The number of rotatable bonds is 4. The zero-order chi connectivity index (χ0) is 11.6. The van der Waals surface area contributed by atoms with Crippen molar-refractivity contribution in [2.45, 2.75) is 6.04 Å². The molecule has 1 atom stereocenters.